The van der Waals surface area contributed by atoms with Crippen LogP contribution in [0.1, 0.15) is 30.6 Å². The molecule has 5 nitrogen and oxygen atoms in total. The van der Waals surface area contributed by atoms with Crippen molar-refractivity contribution in [2.24, 2.45) is 5.92 Å². The zero-order valence-electron chi connectivity index (χ0n) is 12.9. The maximum atomic E-state index is 11.9. The normalized spacial score (nSPS) is 10.9. The van der Waals surface area contributed by atoms with Crippen molar-refractivity contribution in [2.75, 3.05) is 39.0 Å². The molecule has 0 saturated carbocycles. The van der Waals surface area contributed by atoms with Crippen LogP contribution in [0.2, 0.25) is 0 Å². The lowest BCUT2D eigenvalue weighted by Gasteiger charge is -2.11. The zero-order chi connectivity index (χ0) is 15.0. The zero-order valence-corrected chi connectivity index (χ0v) is 12.9. The molecule has 1 aromatic heterocycles. The summed E-state index contributed by atoms with van der Waals surface area (Å²) in [6, 6.07) is 3.53. The van der Waals surface area contributed by atoms with Crippen molar-refractivity contribution >= 4 is 11.7 Å². The first kappa shape index (κ1) is 16.4. The van der Waals surface area contributed by atoms with E-state index in [9.17, 15) is 4.79 Å². The molecule has 0 aromatic carbocycles. The molecule has 0 saturated heterocycles. The first-order valence-electron chi connectivity index (χ1n) is 7.12. The number of nitrogens with zero attached hydrogens (tertiary/aromatic N) is 2. The smallest absolute Gasteiger partial charge is 0.251 e. The summed E-state index contributed by atoms with van der Waals surface area (Å²) in [4.78, 5) is 18.3. The van der Waals surface area contributed by atoms with Crippen molar-refractivity contribution in [3.05, 3.63) is 23.9 Å². The number of aromatic nitrogens is 1. The van der Waals surface area contributed by atoms with Gasteiger partial charge in [0.05, 0.1) is 0 Å². The maximum absolute atomic E-state index is 11.9. The minimum Gasteiger partial charge on any atom is -0.370 e. The maximum Gasteiger partial charge on any atom is 0.251 e. The minimum atomic E-state index is -0.0440. The molecular formula is C15H26N4O. The van der Waals surface area contributed by atoms with Crippen LogP contribution in [0, 0.1) is 5.92 Å². The van der Waals surface area contributed by atoms with Gasteiger partial charge in [0.2, 0.25) is 0 Å². The predicted octanol–water partition coefficient (Wildman–Crippen LogP) is 1.83. The van der Waals surface area contributed by atoms with Crippen LogP contribution in [-0.2, 0) is 0 Å². The molecule has 0 aliphatic rings. The molecule has 1 amide bonds. The summed E-state index contributed by atoms with van der Waals surface area (Å²) >= 11 is 0. The average molecular weight is 278 g/mol. The van der Waals surface area contributed by atoms with E-state index in [4.69, 9.17) is 0 Å². The summed E-state index contributed by atoms with van der Waals surface area (Å²) in [5.41, 5.74) is 0.649. The number of hydrogen-bond acceptors (Lipinski definition) is 4. The largest absolute Gasteiger partial charge is 0.370 e. The van der Waals surface area contributed by atoms with E-state index in [1.165, 1.54) is 0 Å². The lowest BCUT2D eigenvalue weighted by molar-refractivity contribution is 0.0949. The third kappa shape index (κ3) is 6.52. The summed E-state index contributed by atoms with van der Waals surface area (Å²) in [5.74, 6) is 1.16. The molecule has 0 atom stereocenters. The molecule has 0 aliphatic carbocycles. The summed E-state index contributed by atoms with van der Waals surface area (Å²) in [6.45, 7) is 6.71. The summed E-state index contributed by atoms with van der Waals surface area (Å²) < 4.78 is 0. The number of nitrogens with one attached hydrogen (secondary N) is 2. The third-order valence-electron chi connectivity index (χ3n) is 2.78. The first-order valence-corrected chi connectivity index (χ1v) is 7.12. The molecule has 1 rings (SSSR count). The van der Waals surface area contributed by atoms with Gasteiger partial charge in [-0.05, 0) is 45.1 Å². The van der Waals surface area contributed by atoms with Crippen LogP contribution in [0.15, 0.2) is 18.3 Å². The highest BCUT2D eigenvalue weighted by molar-refractivity contribution is 5.94. The van der Waals surface area contributed by atoms with Crippen molar-refractivity contribution in [3.8, 4) is 0 Å². The van der Waals surface area contributed by atoms with Gasteiger partial charge >= 0.3 is 0 Å². The monoisotopic (exact) mass is 278 g/mol. The van der Waals surface area contributed by atoms with E-state index < -0.39 is 0 Å². The first-order chi connectivity index (χ1) is 9.49. The number of hydrogen-bond donors (Lipinski definition) is 2. The summed E-state index contributed by atoms with van der Waals surface area (Å²) in [5, 5.41) is 6.15. The second-order valence-corrected chi connectivity index (χ2v) is 5.62. The van der Waals surface area contributed by atoms with E-state index in [1.807, 2.05) is 0 Å². The van der Waals surface area contributed by atoms with Gasteiger partial charge < -0.3 is 15.5 Å². The molecule has 20 heavy (non-hydrogen) atoms. The van der Waals surface area contributed by atoms with E-state index in [-0.39, 0.29) is 5.91 Å². The third-order valence-corrected chi connectivity index (χ3v) is 2.78. The Bertz CT molecular complexity index is 418. The average Bonchev–Trinajstić information content (AvgIpc) is 2.41. The van der Waals surface area contributed by atoms with Gasteiger partial charge in [-0.15, -0.1) is 0 Å². The molecule has 112 valence electrons. The highest BCUT2D eigenvalue weighted by Gasteiger charge is 2.07. The Labute approximate surface area is 121 Å². The van der Waals surface area contributed by atoms with Gasteiger partial charge in [0.15, 0.2) is 0 Å². The molecule has 0 radical (unpaired) electrons. The number of carbonyl (C=O) groups excluding carboxylic acids is 1. The van der Waals surface area contributed by atoms with Crippen LogP contribution in [-0.4, -0.2) is 49.5 Å². The molecule has 1 heterocycles. The minimum absolute atomic E-state index is 0.0440. The Morgan fingerprint density at radius 2 is 2.15 bits per heavy atom. The van der Waals surface area contributed by atoms with Crippen LogP contribution in [0.4, 0.5) is 5.82 Å². The van der Waals surface area contributed by atoms with Gasteiger partial charge in [0.25, 0.3) is 5.91 Å². The second-order valence-electron chi connectivity index (χ2n) is 5.62. The van der Waals surface area contributed by atoms with Gasteiger partial charge in [-0.25, -0.2) is 4.98 Å². The molecule has 0 unspecified atom stereocenters. The van der Waals surface area contributed by atoms with Crippen molar-refractivity contribution < 1.29 is 4.79 Å². The van der Waals surface area contributed by atoms with Crippen LogP contribution >= 0.6 is 0 Å². The molecule has 5 heteroatoms. The molecular weight excluding hydrogens is 252 g/mol. The molecule has 0 aliphatic heterocycles. The van der Waals surface area contributed by atoms with E-state index in [0.29, 0.717) is 18.0 Å². The number of carbonyl (C=O) groups is 1. The Morgan fingerprint density at radius 3 is 2.80 bits per heavy atom. The van der Waals surface area contributed by atoms with E-state index in [0.717, 1.165) is 25.3 Å². The molecule has 0 spiro atoms. The van der Waals surface area contributed by atoms with Gasteiger partial charge in [-0.2, -0.15) is 0 Å². The van der Waals surface area contributed by atoms with E-state index in [2.05, 4.69) is 48.5 Å². The highest BCUT2D eigenvalue weighted by Crippen LogP contribution is 2.07. The molecule has 1 aromatic rings. The summed E-state index contributed by atoms with van der Waals surface area (Å²) in [6.07, 6.45) is 2.71. The Balaban J connectivity index is 2.46. The Morgan fingerprint density at radius 1 is 1.40 bits per heavy atom. The van der Waals surface area contributed by atoms with Crippen molar-refractivity contribution in [2.45, 2.75) is 20.3 Å². The van der Waals surface area contributed by atoms with E-state index >= 15 is 0 Å². The fourth-order valence-electron chi connectivity index (χ4n) is 1.68. The number of anilines is 1. The highest BCUT2D eigenvalue weighted by atomic mass is 16.1. The van der Waals surface area contributed by atoms with Crippen molar-refractivity contribution in [1.29, 1.82) is 0 Å². The van der Waals surface area contributed by atoms with Crippen LogP contribution in [0.25, 0.3) is 0 Å². The number of rotatable bonds is 8. The number of amides is 1. The van der Waals surface area contributed by atoms with Crippen molar-refractivity contribution in [1.82, 2.24) is 15.2 Å². The second kappa shape index (κ2) is 8.53. The Kier molecular flexibility index (Phi) is 7.01. The van der Waals surface area contributed by atoms with Crippen molar-refractivity contribution in [3.63, 3.8) is 0 Å². The SMILES string of the molecule is CC(C)CNC(=O)c1ccnc(NCCCN(C)C)c1. The quantitative estimate of drug-likeness (QED) is 0.712. The molecule has 0 fully saturated rings. The molecule has 0 bridgehead atoms. The van der Waals surface area contributed by atoms with Crippen LogP contribution in [0.5, 0.6) is 0 Å². The topological polar surface area (TPSA) is 57.3 Å². The lowest BCUT2D eigenvalue weighted by Crippen LogP contribution is -2.27. The fraction of sp³-hybridized carbons (Fsp3) is 0.600. The standard InChI is InChI=1S/C15H26N4O/c1-12(2)11-18-15(20)13-6-8-17-14(10-13)16-7-5-9-19(3)4/h6,8,10,12H,5,7,9,11H2,1-4H3,(H,16,17)(H,18,20). The van der Waals surface area contributed by atoms with Gasteiger partial charge in [-0.1, -0.05) is 13.8 Å². The van der Waals surface area contributed by atoms with Gasteiger partial charge in [-0.3, -0.25) is 4.79 Å². The lowest BCUT2D eigenvalue weighted by atomic mass is 10.2. The number of pyridine rings is 1. The molecule has 2 N–H and O–H groups in total. The fourth-order valence-corrected chi connectivity index (χ4v) is 1.68. The van der Waals surface area contributed by atoms with Crippen LogP contribution < -0.4 is 10.6 Å². The Hall–Kier alpha value is -1.62. The van der Waals surface area contributed by atoms with Gasteiger partial charge in [0.1, 0.15) is 5.82 Å². The van der Waals surface area contributed by atoms with Gasteiger partial charge in [0, 0.05) is 24.8 Å². The van der Waals surface area contributed by atoms with Crippen LogP contribution in [0.3, 0.4) is 0 Å². The van der Waals surface area contributed by atoms with E-state index in [1.54, 1.807) is 18.3 Å². The predicted molar refractivity (Wildman–Crippen MR) is 83.1 cm³/mol. The summed E-state index contributed by atoms with van der Waals surface area (Å²) in [7, 11) is 4.11.